The van der Waals surface area contributed by atoms with Crippen molar-refractivity contribution in [3.8, 4) is 0 Å². The Morgan fingerprint density at radius 3 is 1.12 bits per heavy atom. The molecule has 0 aromatic heterocycles. The Morgan fingerprint density at radius 1 is 0.395 bits per heavy atom. The number of esters is 1. The number of hydrogen-bond donors (Lipinski definition) is 7. The van der Waals surface area contributed by atoms with E-state index < -0.39 is 80.7 Å². The molecule has 0 saturated carbocycles. The third-order valence-electron chi connectivity index (χ3n) is 16.8. The lowest BCUT2D eigenvalue weighted by Crippen LogP contribution is -2.61. The van der Waals surface area contributed by atoms with Crippen LogP contribution in [0.3, 0.4) is 0 Å². The average Bonchev–Trinajstić information content (AvgIpc) is 3.46. The summed E-state index contributed by atoms with van der Waals surface area (Å²) in [5.41, 5.74) is 0. The van der Waals surface area contributed by atoms with Gasteiger partial charge in [0, 0.05) is 13.0 Å². The zero-order chi connectivity index (χ0) is 58.6. The van der Waals surface area contributed by atoms with Crippen molar-refractivity contribution in [3.05, 3.63) is 12.2 Å². The first-order valence-corrected chi connectivity index (χ1v) is 34.3. The van der Waals surface area contributed by atoms with Gasteiger partial charge in [-0.3, -0.25) is 4.79 Å². The van der Waals surface area contributed by atoms with E-state index in [1.807, 2.05) is 0 Å². The molecule has 2 saturated heterocycles. The average molecular weight is 1160 g/mol. The molecule has 2 heterocycles. The lowest BCUT2D eigenvalue weighted by atomic mass is 9.98. The number of unbranched alkanes of at least 4 members (excludes halogenated alkanes) is 42. The summed E-state index contributed by atoms with van der Waals surface area (Å²) in [7, 11) is 0. The second kappa shape index (κ2) is 54.1. The van der Waals surface area contributed by atoms with Crippen molar-refractivity contribution in [1.82, 2.24) is 0 Å². The van der Waals surface area contributed by atoms with Crippen LogP contribution in [-0.4, -0.2) is 142 Å². The minimum Gasteiger partial charge on any atom is -0.457 e. The van der Waals surface area contributed by atoms with E-state index in [1.54, 1.807) is 0 Å². The van der Waals surface area contributed by atoms with E-state index >= 15 is 0 Å². The highest BCUT2D eigenvalue weighted by molar-refractivity contribution is 5.69. The number of hydrogen-bond acceptors (Lipinski definition) is 14. The lowest BCUT2D eigenvalue weighted by molar-refractivity contribution is -0.332. The van der Waals surface area contributed by atoms with Gasteiger partial charge >= 0.3 is 5.97 Å². The van der Waals surface area contributed by atoms with E-state index in [9.17, 15) is 40.5 Å². The van der Waals surface area contributed by atoms with E-state index in [-0.39, 0.29) is 25.6 Å². The molecule has 0 spiro atoms. The zero-order valence-corrected chi connectivity index (χ0v) is 52.1. The van der Waals surface area contributed by atoms with Crippen LogP contribution < -0.4 is 0 Å². The van der Waals surface area contributed by atoms with E-state index in [2.05, 4.69) is 26.0 Å². The number of aliphatic hydroxyl groups excluding tert-OH is 7. The summed E-state index contributed by atoms with van der Waals surface area (Å²) in [4.78, 5) is 13.1. The number of allylic oxidation sites excluding steroid dienone is 2. The second-order valence-electron chi connectivity index (χ2n) is 24.4. The van der Waals surface area contributed by atoms with E-state index in [0.29, 0.717) is 13.0 Å². The lowest BCUT2D eigenvalue weighted by Gasteiger charge is -2.42. The number of carbonyl (C=O) groups excluding carboxylic acids is 1. The molecule has 0 aliphatic carbocycles. The van der Waals surface area contributed by atoms with Gasteiger partial charge in [-0.15, -0.1) is 0 Å². The fourth-order valence-electron chi connectivity index (χ4n) is 11.3. The molecule has 2 rings (SSSR count). The van der Waals surface area contributed by atoms with Gasteiger partial charge in [0.2, 0.25) is 0 Å². The van der Waals surface area contributed by atoms with Gasteiger partial charge in [0.1, 0.15) is 54.9 Å². The van der Waals surface area contributed by atoms with Crippen LogP contribution in [0.2, 0.25) is 0 Å². The molecule has 0 radical (unpaired) electrons. The second-order valence-corrected chi connectivity index (χ2v) is 24.4. The van der Waals surface area contributed by atoms with E-state index in [4.69, 9.17) is 28.4 Å². The molecule has 7 N–H and O–H groups in total. The molecule has 11 unspecified atom stereocenters. The Balaban J connectivity index is 1.63. The van der Waals surface area contributed by atoms with Crippen LogP contribution >= 0.6 is 0 Å². The van der Waals surface area contributed by atoms with Crippen LogP contribution in [0.1, 0.15) is 309 Å². The van der Waals surface area contributed by atoms with Gasteiger partial charge < -0.3 is 64.2 Å². The molecule has 0 amide bonds. The van der Waals surface area contributed by atoms with Gasteiger partial charge in [-0.05, 0) is 38.5 Å². The van der Waals surface area contributed by atoms with Crippen LogP contribution in [0.25, 0.3) is 0 Å². The predicted octanol–water partition coefficient (Wildman–Crippen LogP) is 14.1. The van der Waals surface area contributed by atoms with Crippen molar-refractivity contribution in [2.45, 2.75) is 377 Å². The van der Waals surface area contributed by atoms with E-state index in [0.717, 1.165) is 38.5 Å². The van der Waals surface area contributed by atoms with Crippen molar-refractivity contribution in [2.75, 3.05) is 33.0 Å². The Bertz CT molecular complexity index is 1390. The molecule has 11 atom stereocenters. The smallest absolute Gasteiger partial charge is 0.306 e. The van der Waals surface area contributed by atoms with Crippen LogP contribution in [-0.2, 0) is 33.2 Å². The van der Waals surface area contributed by atoms with Gasteiger partial charge in [-0.1, -0.05) is 276 Å². The van der Waals surface area contributed by atoms with Crippen molar-refractivity contribution in [3.63, 3.8) is 0 Å². The highest BCUT2D eigenvalue weighted by Gasteiger charge is 2.47. The van der Waals surface area contributed by atoms with Gasteiger partial charge in [0.15, 0.2) is 12.6 Å². The summed E-state index contributed by atoms with van der Waals surface area (Å²) in [6, 6.07) is 0. The standard InChI is InChI=1S/C67H128O14/c1-3-5-7-9-11-13-15-17-19-21-23-25-26-27-28-29-31-33-35-37-39-41-43-45-47-49-51-76-53-56(54-77-66-65(75)63(73)61(71)58(81-66)55-78-67-64(74)62(72)60(70)57(52-68)80-67)79-59(69)50-48-46-44-42-40-38-36-34-32-30-24-22-20-18-16-14-12-10-8-6-4-2/h22,24,56-58,60-68,70-75H,3-21,23,25-55H2,1-2H3/b24-22-. The topological polar surface area (TPSA) is 214 Å². The van der Waals surface area contributed by atoms with Crippen molar-refractivity contribution >= 4 is 5.97 Å². The molecule has 2 aliphatic heterocycles. The monoisotopic (exact) mass is 1160 g/mol. The highest BCUT2D eigenvalue weighted by atomic mass is 16.7. The first-order valence-electron chi connectivity index (χ1n) is 34.3. The molecule has 81 heavy (non-hydrogen) atoms. The largest absolute Gasteiger partial charge is 0.457 e. The summed E-state index contributed by atoms with van der Waals surface area (Å²) in [6.07, 6.45) is 47.2. The number of carbonyl (C=O) groups is 1. The Morgan fingerprint density at radius 2 is 0.728 bits per heavy atom. The predicted molar refractivity (Wildman–Crippen MR) is 326 cm³/mol. The van der Waals surface area contributed by atoms with Crippen LogP contribution in [0, 0.1) is 0 Å². The maximum Gasteiger partial charge on any atom is 0.306 e. The normalized spacial score (nSPS) is 23.7. The van der Waals surface area contributed by atoms with Crippen molar-refractivity contribution in [1.29, 1.82) is 0 Å². The molecule has 480 valence electrons. The SMILES string of the molecule is CCCCCCCCCC/C=C\CCCCCCCCCCCC(=O)OC(COCCCCCCCCCCCCCCCCCCCCCCCCCCCC)COC1OC(COC2OC(CO)C(O)C(O)C2O)C(O)C(O)C1O. The summed E-state index contributed by atoms with van der Waals surface area (Å²) < 4.78 is 34.5. The quantitative estimate of drug-likeness (QED) is 0.0171. The molecule has 0 aromatic rings. The van der Waals surface area contributed by atoms with Crippen LogP contribution in [0.5, 0.6) is 0 Å². The van der Waals surface area contributed by atoms with Crippen LogP contribution in [0.15, 0.2) is 12.2 Å². The zero-order valence-electron chi connectivity index (χ0n) is 52.1. The molecule has 14 heteroatoms. The summed E-state index contributed by atoms with van der Waals surface area (Å²) in [5.74, 6) is -0.370. The minimum atomic E-state index is -1.70. The molecule has 0 aromatic carbocycles. The molecule has 2 fully saturated rings. The first-order chi connectivity index (χ1) is 39.6. The summed E-state index contributed by atoms with van der Waals surface area (Å²) >= 11 is 0. The van der Waals surface area contributed by atoms with Gasteiger partial charge in [-0.2, -0.15) is 0 Å². The molecular formula is C67H128O14. The minimum absolute atomic E-state index is 0.0679. The Labute approximate surface area is 495 Å². The third kappa shape index (κ3) is 39.9. The van der Waals surface area contributed by atoms with Gasteiger partial charge in [0.25, 0.3) is 0 Å². The van der Waals surface area contributed by atoms with Crippen LogP contribution in [0.4, 0.5) is 0 Å². The maximum atomic E-state index is 13.1. The molecule has 0 bridgehead atoms. The van der Waals surface area contributed by atoms with E-state index in [1.165, 1.54) is 244 Å². The fourth-order valence-corrected chi connectivity index (χ4v) is 11.3. The Hall–Kier alpha value is -1.27. The van der Waals surface area contributed by atoms with Crippen molar-refractivity contribution < 1.29 is 69.0 Å². The first kappa shape index (κ1) is 75.8. The number of aliphatic hydroxyl groups is 7. The third-order valence-corrected chi connectivity index (χ3v) is 16.8. The van der Waals surface area contributed by atoms with Gasteiger partial charge in [0.05, 0.1) is 26.4 Å². The molecular weight excluding hydrogens is 1030 g/mol. The van der Waals surface area contributed by atoms with Crippen molar-refractivity contribution in [2.24, 2.45) is 0 Å². The number of rotatable bonds is 58. The fraction of sp³-hybridized carbons (Fsp3) is 0.955. The van der Waals surface area contributed by atoms with Gasteiger partial charge in [-0.25, -0.2) is 0 Å². The number of ether oxygens (including phenoxy) is 6. The summed E-state index contributed by atoms with van der Waals surface area (Å²) in [5, 5.41) is 72.6. The maximum absolute atomic E-state index is 13.1. The highest BCUT2D eigenvalue weighted by Crippen LogP contribution is 2.27. The summed E-state index contributed by atoms with van der Waals surface area (Å²) in [6.45, 7) is 3.77. The molecule has 14 nitrogen and oxygen atoms in total. The molecule has 2 aliphatic rings. The Kier molecular flexibility index (Phi) is 50.7.